The summed E-state index contributed by atoms with van der Waals surface area (Å²) in [6.45, 7) is 4.86. The molecule has 0 saturated carbocycles. The summed E-state index contributed by atoms with van der Waals surface area (Å²) in [7, 11) is -2.96. The zero-order valence-corrected chi connectivity index (χ0v) is 39.4. The molecule has 68 heavy (non-hydrogen) atoms. The quantitative estimate of drug-likeness (QED) is 0.161. The largest absolute Gasteiger partial charge is 0.455 e. The maximum atomic E-state index is 6.76. The van der Waals surface area contributed by atoms with Gasteiger partial charge in [0.15, 0.2) is 8.07 Å². The fourth-order valence-electron chi connectivity index (χ4n) is 13.2. The van der Waals surface area contributed by atoms with Gasteiger partial charge in [0.25, 0.3) is 0 Å². The first kappa shape index (κ1) is 39.6. The van der Waals surface area contributed by atoms with Crippen LogP contribution in [0.5, 0.6) is 0 Å². The lowest BCUT2D eigenvalue weighted by molar-refractivity contribution is 0.517. The van der Waals surface area contributed by atoms with Gasteiger partial charge in [0.1, 0.15) is 11.2 Å². The molecule has 1 aromatic heterocycles. The molecule has 14 rings (SSSR count). The van der Waals surface area contributed by atoms with E-state index in [1.807, 2.05) is 0 Å². The summed E-state index contributed by atoms with van der Waals surface area (Å²) in [4.78, 5) is 5.22. The van der Waals surface area contributed by atoms with E-state index in [1.54, 1.807) is 5.57 Å². The fourth-order valence-corrected chi connectivity index (χ4v) is 18.4. The van der Waals surface area contributed by atoms with Crippen LogP contribution in [0.1, 0.15) is 45.1 Å². The van der Waals surface area contributed by atoms with E-state index in [2.05, 4.69) is 236 Å². The molecule has 9 aromatic carbocycles. The molecule has 5 heteroatoms. The minimum absolute atomic E-state index is 0.0213. The van der Waals surface area contributed by atoms with Crippen LogP contribution in [-0.4, -0.2) is 14.8 Å². The summed E-state index contributed by atoms with van der Waals surface area (Å²) in [5, 5.41) is 7.97. The lowest BCUT2D eigenvalue weighted by atomic mass is 9.34. The summed E-state index contributed by atoms with van der Waals surface area (Å²) >= 11 is 0. The molecule has 0 atom stereocenters. The van der Waals surface area contributed by atoms with Crippen LogP contribution in [0, 0.1) is 0 Å². The molecule has 0 saturated heterocycles. The Morgan fingerprint density at radius 2 is 1.18 bits per heavy atom. The number of hydrogen-bond donors (Lipinski definition) is 0. The lowest BCUT2D eigenvalue weighted by Crippen LogP contribution is -2.87. The fraction of sp³-hybridized carbons (Fsp3) is 0.111. The van der Waals surface area contributed by atoms with Crippen molar-refractivity contribution in [2.75, 3.05) is 9.80 Å². The molecule has 0 N–H and O–H groups in total. The van der Waals surface area contributed by atoms with E-state index in [9.17, 15) is 0 Å². The zero-order valence-electron chi connectivity index (χ0n) is 38.4. The maximum Gasteiger partial charge on any atom is 0.246 e. The van der Waals surface area contributed by atoms with Gasteiger partial charge in [-0.2, -0.15) is 0 Å². The molecule has 0 spiro atoms. The van der Waals surface area contributed by atoms with Crippen LogP contribution in [0.3, 0.4) is 0 Å². The second-order valence-electron chi connectivity index (χ2n) is 19.8. The predicted octanol–water partition coefficient (Wildman–Crippen LogP) is 11.5. The van der Waals surface area contributed by atoms with Crippen LogP contribution in [-0.2, 0) is 5.41 Å². The van der Waals surface area contributed by atoms with Crippen LogP contribution < -0.4 is 46.9 Å². The Hall–Kier alpha value is -7.60. The molecule has 4 aliphatic rings. The number of furan rings is 1. The summed E-state index contributed by atoms with van der Waals surface area (Å²) in [5.41, 5.74) is 18.9. The monoisotopic (exact) mass is 888 g/mol. The van der Waals surface area contributed by atoms with Crippen LogP contribution in [0.15, 0.2) is 228 Å². The Morgan fingerprint density at radius 1 is 0.500 bits per heavy atom. The highest BCUT2D eigenvalue weighted by Gasteiger charge is 2.53. The highest BCUT2D eigenvalue weighted by atomic mass is 28.3. The first-order valence-electron chi connectivity index (χ1n) is 24.4. The van der Waals surface area contributed by atoms with Crippen LogP contribution in [0.25, 0.3) is 33.1 Å². The van der Waals surface area contributed by atoms with E-state index in [0.717, 1.165) is 40.3 Å². The lowest BCUT2D eigenvalue weighted by Gasteiger charge is -2.48. The van der Waals surface area contributed by atoms with E-state index >= 15 is 0 Å². The van der Waals surface area contributed by atoms with Crippen molar-refractivity contribution in [3.8, 4) is 11.1 Å². The Bertz CT molecular complexity index is 3650. The van der Waals surface area contributed by atoms with Crippen molar-refractivity contribution >= 4 is 102 Å². The number of para-hydroxylation sites is 4. The number of anilines is 5. The van der Waals surface area contributed by atoms with E-state index in [1.165, 1.54) is 95.2 Å². The molecule has 10 aromatic rings. The third-order valence-corrected chi connectivity index (χ3v) is 20.9. The number of hydrogen-bond acceptors (Lipinski definition) is 3. The van der Waals surface area contributed by atoms with E-state index in [0.29, 0.717) is 0 Å². The third kappa shape index (κ3) is 5.48. The van der Waals surface area contributed by atoms with E-state index in [4.69, 9.17) is 4.42 Å². The van der Waals surface area contributed by atoms with Gasteiger partial charge < -0.3 is 14.2 Å². The summed E-state index contributed by atoms with van der Waals surface area (Å²) in [6.07, 6.45) is 4.68. The van der Waals surface area contributed by atoms with E-state index in [-0.39, 0.29) is 12.1 Å². The number of benzene rings is 9. The maximum absolute atomic E-state index is 6.76. The molecular weight excluding hydrogens is 840 g/mol. The molecule has 0 fully saturated rings. The minimum atomic E-state index is -2.96. The number of rotatable bonds is 5. The van der Waals surface area contributed by atoms with Crippen molar-refractivity contribution in [3.05, 3.63) is 229 Å². The number of fused-ring (bicyclic) bond motifs is 8. The van der Waals surface area contributed by atoms with Crippen LogP contribution in [0.2, 0.25) is 0 Å². The second kappa shape index (κ2) is 15.0. The number of allylic oxidation sites excluding steroid dienone is 2. The molecule has 0 bridgehead atoms. The second-order valence-corrected chi connectivity index (χ2v) is 23.5. The summed E-state index contributed by atoms with van der Waals surface area (Å²) in [6, 6.07) is 80.4. The Balaban J connectivity index is 1.08. The average molecular weight is 889 g/mol. The molecule has 1 aliphatic carbocycles. The molecular formula is C63H49BN2OSi. The molecule has 0 unspecified atom stereocenters. The van der Waals surface area contributed by atoms with Crippen molar-refractivity contribution in [2.45, 2.75) is 44.9 Å². The van der Waals surface area contributed by atoms with Crippen molar-refractivity contribution < 1.29 is 4.42 Å². The Labute approximate surface area is 399 Å². The SMILES string of the molecule is CC1(C)C2=C(CCCC2)N(c2ccc3c(c2)N(c2ccccc2)c2cccc4c2B3c2cc(-c3cccc5c3oc3ccccc35)ccc2[Si]4(c2ccccc2)c2ccccc2)c2ccccc21. The first-order chi connectivity index (χ1) is 33.5. The minimum Gasteiger partial charge on any atom is -0.455 e. The summed E-state index contributed by atoms with van der Waals surface area (Å²) in [5.74, 6) is 0. The molecule has 3 aliphatic heterocycles. The highest BCUT2D eigenvalue weighted by molar-refractivity contribution is 7.26. The third-order valence-electron chi connectivity index (χ3n) is 16.0. The van der Waals surface area contributed by atoms with Crippen LogP contribution >= 0.6 is 0 Å². The van der Waals surface area contributed by atoms with Gasteiger partial charge >= 0.3 is 0 Å². The van der Waals surface area contributed by atoms with Gasteiger partial charge in [0.05, 0.1) is 0 Å². The number of nitrogens with zero attached hydrogens (tertiary/aromatic N) is 2. The topological polar surface area (TPSA) is 19.6 Å². The molecule has 324 valence electrons. The normalized spacial score (nSPS) is 16.2. The highest BCUT2D eigenvalue weighted by Crippen LogP contribution is 2.53. The van der Waals surface area contributed by atoms with Crippen LogP contribution in [0.4, 0.5) is 28.4 Å². The molecule has 4 heterocycles. The zero-order chi connectivity index (χ0) is 45.1. The molecule has 3 nitrogen and oxygen atoms in total. The molecule has 0 radical (unpaired) electrons. The van der Waals surface area contributed by atoms with Gasteiger partial charge in [-0.1, -0.05) is 189 Å². The molecule has 0 amide bonds. The smallest absolute Gasteiger partial charge is 0.246 e. The van der Waals surface area contributed by atoms with Crippen molar-refractivity contribution in [3.63, 3.8) is 0 Å². The van der Waals surface area contributed by atoms with Gasteiger partial charge in [0.2, 0.25) is 6.71 Å². The average Bonchev–Trinajstić information content (AvgIpc) is 3.79. The van der Waals surface area contributed by atoms with Gasteiger partial charge in [-0.15, -0.1) is 0 Å². The van der Waals surface area contributed by atoms with Gasteiger partial charge in [-0.05, 0) is 117 Å². The Morgan fingerprint density at radius 3 is 1.99 bits per heavy atom. The van der Waals surface area contributed by atoms with Gasteiger partial charge in [-0.25, -0.2) is 0 Å². The van der Waals surface area contributed by atoms with Crippen molar-refractivity contribution in [1.82, 2.24) is 0 Å². The van der Waals surface area contributed by atoms with Crippen molar-refractivity contribution in [2.24, 2.45) is 0 Å². The first-order valence-corrected chi connectivity index (χ1v) is 26.4. The summed E-state index contributed by atoms with van der Waals surface area (Å²) < 4.78 is 6.76. The van der Waals surface area contributed by atoms with Crippen molar-refractivity contribution in [1.29, 1.82) is 0 Å². The Kier molecular flexibility index (Phi) is 8.70. The standard InChI is InChI=1S/C63H49BN2OSi/c1-63(2)50-29-13-15-31-54(50)66(55-32-16-14-30-51(55)63)44-37-38-52-57(41-44)65(43-20-6-3-7-21-43)56-33-19-35-60-61(56)64(52)53-40-42(47-27-18-28-49-48-26-12-17-34-58(48)67-62(47)49)36-39-59(53)68(60,45-22-8-4-9-23-45)46-24-10-5-11-25-46/h3-13,15,17-29,31,33-41H,14,16,30,32H2,1-2H3. The van der Waals surface area contributed by atoms with E-state index < -0.39 is 8.07 Å². The predicted molar refractivity (Wildman–Crippen MR) is 289 cm³/mol. The van der Waals surface area contributed by atoms with Gasteiger partial charge in [0, 0.05) is 55.9 Å². The van der Waals surface area contributed by atoms with Gasteiger partial charge in [-0.3, -0.25) is 0 Å².